The van der Waals surface area contributed by atoms with Crippen LogP contribution >= 0.6 is 0 Å². The zero-order valence-electron chi connectivity index (χ0n) is 10.2. The molecule has 2 atom stereocenters. The minimum atomic E-state index is 0.459. The molecule has 2 N–H and O–H groups in total. The van der Waals surface area contributed by atoms with Crippen molar-refractivity contribution in [1.29, 1.82) is 0 Å². The lowest BCUT2D eigenvalue weighted by Gasteiger charge is -2.17. The molecule has 0 heterocycles. The summed E-state index contributed by atoms with van der Waals surface area (Å²) in [4.78, 5) is 0. The van der Waals surface area contributed by atoms with E-state index in [1.165, 1.54) is 12.8 Å². The van der Waals surface area contributed by atoms with Crippen LogP contribution in [0, 0.1) is 17.3 Å². The van der Waals surface area contributed by atoms with Crippen LogP contribution in [-0.2, 0) is 5.41 Å². The maximum Gasteiger partial charge on any atom is -0.000960 e. The second-order valence-electron chi connectivity index (χ2n) is 6.16. The van der Waals surface area contributed by atoms with Gasteiger partial charge in [-0.15, -0.1) is 0 Å². The van der Waals surface area contributed by atoms with Crippen molar-refractivity contribution in [3.63, 3.8) is 0 Å². The fraction of sp³-hybridized carbons (Fsp3) is 0.600. The summed E-state index contributed by atoms with van der Waals surface area (Å²) in [5.74, 6) is 1.54. The van der Waals surface area contributed by atoms with Gasteiger partial charge in [0.15, 0.2) is 0 Å². The normalized spacial score (nSPS) is 33.4. The SMILES string of the molecule is CC1(C)C(CN)C1C1(c2ccccc2)CC1. The highest BCUT2D eigenvalue weighted by molar-refractivity contribution is 5.37. The van der Waals surface area contributed by atoms with Crippen LogP contribution < -0.4 is 5.73 Å². The monoisotopic (exact) mass is 215 g/mol. The minimum absolute atomic E-state index is 0.459. The van der Waals surface area contributed by atoms with E-state index in [2.05, 4.69) is 44.2 Å². The van der Waals surface area contributed by atoms with Gasteiger partial charge >= 0.3 is 0 Å². The Balaban J connectivity index is 1.92. The van der Waals surface area contributed by atoms with Gasteiger partial charge in [-0.05, 0) is 47.6 Å². The first-order chi connectivity index (χ1) is 7.63. The summed E-state index contributed by atoms with van der Waals surface area (Å²) in [6.45, 7) is 5.63. The Morgan fingerprint density at radius 1 is 1.19 bits per heavy atom. The van der Waals surface area contributed by atoms with Gasteiger partial charge in [-0.25, -0.2) is 0 Å². The molecule has 2 saturated carbocycles. The lowest BCUT2D eigenvalue weighted by Crippen LogP contribution is -2.14. The van der Waals surface area contributed by atoms with Crippen LogP contribution in [0.15, 0.2) is 30.3 Å². The highest BCUT2D eigenvalue weighted by Gasteiger charge is 2.69. The van der Waals surface area contributed by atoms with Gasteiger partial charge in [-0.2, -0.15) is 0 Å². The van der Waals surface area contributed by atoms with Gasteiger partial charge < -0.3 is 5.73 Å². The average Bonchev–Trinajstić information content (AvgIpc) is 3.15. The molecule has 2 unspecified atom stereocenters. The first-order valence-electron chi connectivity index (χ1n) is 6.38. The largest absolute Gasteiger partial charge is 0.330 e. The Kier molecular flexibility index (Phi) is 2.00. The smallest absolute Gasteiger partial charge is 0.000960 e. The fourth-order valence-corrected chi connectivity index (χ4v) is 3.97. The Labute approximate surface area is 98.0 Å². The zero-order chi connectivity index (χ0) is 11.4. The van der Waals surface area contributed by atoms with Gasteiger partial charge in [0.05, 0.1) is 0 Å². The van der Waals surface area contributed by atoms with Gasteiger partial charge in [0.1, 0.15) is 0 Å². The second kappa shape index (κ2) is 3.10. The Morgan fingerprint density at radius 3 is 2.25 bits per heavy atom. The summed E-state index contributed by atoms with van der Waals surface area (Å²) < 4.78 is 0. The summed E-state index contributed by atoms with van der Waals surface area (Å²) >= 11 is 0. The first-order valence-corrected chi connectivity index (χ1v) is 6.38. The molecule has 86 valence electrons. The predicted octanol–water partition coefficient (Wildman–Crippen LogP) is 2.95. The summed E-state index contributed by atoms with van der Waals surface area (Å²) in [6.07, 6.45) is 2.73. The third-order valence-corrected chi connectivity index (χ3v) is 5.04. The van der Waals surface area contributed by atoms with Crippen LogP contribution in [0.4, 0.5) is 0 Å². The summed E-state index contributed by atoms with van der Waals surface area (Å²) in [6, 6.07) is 11.0. The quantitative estimate of drug-likeness (QED) is 0.824. The van der Waals surface area contributed by atoms with Crippen LogP contribution in [-0.4, -0.2) is 6.54 Å². The molecule has 0 radical (unpaired) electrons. The Morgan fingerprint density at radius 2 is 1.81 bits per heavy atom. The zero-order valence-corrected chi connectivity index (χ0v) is 10.2. The van der Waals surface area contributed by atoms with Crippen LogP contribution in [0.1, 0.15) is 32.3 Å². The Bertz CT molecular complexity index is 389. The molecule has 2 aliphatic carbocycles. The molecular weight excluding hydrogens is 194 g/mol. The molecule has 0 spiro atoms. The topological polar surface area (TPSA) is 26.0 Å². The number of benzene rings is 1. The molecular formula is C15H21N. The van der Waals surface area contributed by atoms with Gasteiger partial charge in [0.25, 0.3) is 0 Å². The van der Waals surface area contributed by atoms with E-state index in [9.17, 15) is 0 Å². The molecule has 16 heavy (non-hydrogen) atoms. The number of nitrogens with two attached hydrogens (primary N) is 1. The molecule has 0 amide bonds. The van der Waals surface area contributed by atoms with Crippen LogP contribution in [0.5, 0.6) is 0 Å². The van der Waals surface area contributed by atoms with E-state index in [-0.39, 0.29) is 0 Å². The van der Waals surface area contributed by atoms with E-state index in [1.54, 1.807) is 5.56 Å². The second-order valence-corrected chi connectivity index (χ2v) is 6.16. The highest BCUT2D eigenvalue weighted by atomic mass is 14.8. The maximum atomic E-state index is 5.90. The van der Waals surface area contributed by atoms with Crippen LogP contribution in [0.2, 0.25) is 0 Å². The van der Waals surface area contributed by atoms with E-state index in [0.29, 0.717) is 10.8 Å². The first kappa shape index (κ1) is 10.3. The summed E-state index contributed by atoms with van der Waals surface area (Å²) in [5.41, 5.74) is 8.39. The van der Waals surface area contributed by atoms with E-state index < -0.39 is 0 Å². The van der Waals surface area contributed by atoms with Crippen molar-refractivity contribution < 1.29 is 0 Å². The number of hydrogen-bond donors (Lipinski definition) is 1. The molecule has 1 aromatic rings. The average molecular weight is 215 g/mol. The molecule has 1 nitrogen and oxygen atoms in total. The van der Waals surface area contributed by atoms with Crippen molar-refractivity contribution in [1.82, 2.24) is 0 Å². The number of hydrogen-bond acceptors (Lipinski definition) is 1. The fourth-order valence-electron chi connectivity index (χ4n) is 3.97. The molecule has 1 aromatic carbocycles. The molecule has 2 aliphatic rings. The van der Waals surface area contributed by atoms with E-state index in [0.717, 1.165) is 18.4 Å². The molecule has 0 bridgehead atoms. The van der Waals surface area contributed by atoms with Crippen molar-refractivity contribution >= 4 is 0 Å². The predicted molar refractivity (Wildman–Crippen MR) is 67.2 cm³/mol. The van der Waals surface area contributed by atoms with Gasteiger partial charge in [0, 0.05) is 0 Å². The lowest BCUT2D eigenvalue weighted by atomic mass is 9.87. The van der Waals surface area contributed by atoms with Crippen molar-refractivity contribution in [3.05, 3.63) is 35.9 Å². The van der Waals surface area contributed by atoms with Crippen molar-refractivity contribution in [2.75, 3.05) is 6.54 Å². The van der Waals surface area contributed by atoms with E-state index in [4.69, 9.17) is 5.73 Å². The standard InChI is InChI=1S/C15H21N/c1-14(2)12(10-16)13(14)15(8-9-15)11-6-4-3-5-7-11/h3-7,12-13H,8-10,16H2,1-2H3. The minimum Gasteiger partial charge on any atom is -0.330 e. The molecule has 2 fully saturated rings. The third-order valence-electron chi connectivity index (χ3n) is 5.04. The lowest BCUT2D eigenvalue weighted by molar-refractivity contribution is 0.468. The molecule has 0 aromatic heterocycles. The van der Waals surface area contributed by atoms with Crippen molar-refractivity contribution in [3.8, 4) is 0 Å². The summed E-state index contributed by atoms with van der Waals surface area (Å²) in [7, 11) is 0. The maximum absolute atomic E-state index is 5.90. The van der Waals surface area contributed by atoms with E-state index >= 15 is 0 Å². The number of rotatable bonds is 3. The van der Waals surface area contributed by atoms with E-state index in [1.807, 2.05) is 0 Å². The highest BCUT2D eigenvalue weighted by Crippen LogP contribution is 2.73. The molecule has 0 aliphatic heterocycles. The third kappa shape index (κ3) is 1.21. The Hall–Kier alpha value is -0.820. The molecule has 0 saturated heterocycles. The van der Waals surface area contributed by atoms with Gasteiger partial charge in [-0.3, -0.25) is 0 Å². The van der Waals surface area contributed by atoms with Crippen molar-refractivity contribution in [2.45, 2.75) is 32.1 Å². The van der Waals surface area contributed by atoms with Gasteiger partial charge in [0.2, 0.25) is 0 Å². The van der Waals surface area contributed by atoms with Gasteiger partial charge in [-0.1, -0.05) is 44.2 Å². The molecule has 1 heteroatoms. The summed E-state index contributed by atoms with van der Waals surface area (Å²) in [5, 5.41) is 0. The van der Waals surface area contributed by atoms with Crippen molar-refractivity contribution in [2.24, 2.45) is 23.0 Å². The molecule has 3 rings (SSSR count). The van der Waals surface area contributed by atoms with Crippen LogP contribution in [0.25, 0.3) is 0 Å². The van der Waals surface area contributed by atoms with Crippen LogP contribution in [0.3, 0.4) is 0 Å².